The van der Waals surface area contributed by atoms with E-state index in [-0.39, 0.29) is 29.8 Å². The van der Waals surface area contributed by atoms with E-state index in [4.69, 9.17) is 0 Å². The highest BCUT2D eigenvalue weighted by atomic mass is 127. The predicted molar refractivity (Wildman–Crippen MR) is 99.1 cm³/mol. The van der Waals surface area contributed by atoms with Crippen LogP contribution in [0.5, 0.6) is 0 Å². The van der Waals surface area contributed by atoms with Gasteiger partial charge < -0.3 is 10.6 Å². The number of nitrogens with one attached hydrogen (secondary N) is 2. The van der Waals surface area contributed by atoms with E-state index in [0.717, 1.165) is 28.9 Å². The number of nitrogens with zero attached hydrogens (tertiary/aromatic N) is 1. The van der Waals surface area contributed by atoms with Crippen molar-refractivity contribution in [2.24, 2.45) is 10.9 Å². The molecule has 0 bridgehead atoms. The Labute approximate surface area is 147 Å². The minimum Gasteiger partial charge on any atom is -0.356 e. The van der Waals surface area contributed by atoms with Crippen molar-refractivity contribution in [2.45, 2.75) is 30.7 Å². The van der Waals surface area contributed by atoms with Crippen molar-refractivity contribution in [3.63, 3.8) is 0 Å². The first-order chi connectivity index (χ1) is 9.72. The molecule has 0 unspecified atom stereocenters. The monoisotopic (exact) mass is 423 g/mol. The SMILES string of the molecule is CN=C(NCc1cc(F)ccc1SC)NCC1CCC1.I. The van der Waals surface area contributed by atoms with Gasteiger partial charge in [-0.3, -0.25) is 4.99 Å². The van der Waals surface area contributed by atoms with Gasteiger partial charge in [0, 0.05) is 25.0 Å². The van der Waals surface area contributed by atoms with Gasteiger partial charge >= 0.3 is 0 Å². The van der Waals surface area contributed by atoms with Crippen LogP contribution in [0.3, 0.4) is 0 Å². The average Bonchev–Trinajstić information content (AvgIpc) is 2.40. The smallest absolute Gasteiger partial charge is 0.191 e. The van der Waals surface area contributed by atoms with E-state index in [1.54, 1.807) is 24.9 Å². The molecule has 118 valence electrons. The van der Waals surface area contributed by atoms with Gasteiger partial charge in [0.25, 0.3) is 0 Å². The topological polar surface area (TPSA) is 36.4 Å². The van der Waals surface area contributed by atoms with E-state index >= 15 is 0 Å². The highest BCUT2D eigenvalue weighted by Crippen LogP contribution is 2.25. The summed E-state index contributed by atoms with van der Waals surface area (Å²) in [5.41, 5.74) is 0.962. The van der Waals surface area contributed by atoms with E-state index in [9.17, 15) is 4.39 Å². The van der Waals surface area contributed by atoms with Gasteiger partial charge in [0.2, 0.25) is 0 Å². The minimum atomic E-state index is -0.197. The van der Waals surface area contributed by atoms with Crippen LogP contribution in [0.15, 0.2) is 28.1 Å². The van der Waals surface area contributed by atoms with Crippen molar-refractivity contribution in [3.05, 3.63) is 29.6 Å². The Hall–Kier alpha value is -0.500. The summed E-state index contributed by atoms with van der Waals surface area (Å²) in [6.07, 6.45) is 5.97. The van der Waals surface area contributed by atoms with E-state index in [2.05, 4.69) is 15.6 Å². The summed E-state index contributed by atoms with van der Waals surface area (Å²) in [4.78, 5) is 5.30. The lowest BCUT2D eigenvalue weighted by molar-refractivity contribution is 0.314. The zero-order valence-electron chi connectivity index (χ0n) is 12.5. The summed E-state index contributed by atoms with van der Waals surface area (Å²) >= 11 is 1.63. The van der Waals surface area contributed by atoms with Crippen LogP contribution in [0.4, 0.5) is 4.39 Å². The standard InChI is InChI=1S/C15H22FN3S.HI/c1-17-15(18-9-11-4-3-5-11)19-10-12-8-13(16)6-7-14(12)20-2;/h6-8,11H,3-5,9-10H2,1-2H3,(H2,17,18,19);1H. The maximum atomic E-state index is 13.3. The summed E-state index contributed by atoms with van der Waals surface area (Å²) in [7, 11) is 1.76. The third-order valence-corrected chi connectivity index (χ3v) is 4.53. The second-order valence-corrected chi connectivity index (χ2v) is 5.91. The minimum absolute atomic E-state index is 0. The Bertz CT molecular complexity index is 478. The molecule has 2 N–H and O–H groups in total. The van der Waals surface area contributed by atoms with Crippen molar-refractivity contribution in [2.75, 3.05) is 19.8 Å². The number of guanidine groups is 1. The largest absolute Gasteiger partial charge is 0.356 e. The van der Waals surface area contributed by atoms with Crippen LogP contribution in [-0.4, -0.2) is 25.8 Å². The van der Waals surface area contributed by atoms with E-state index in [1.165, 1.54) is 25.3 Å². The molecule has 0 aromatic heterocycles. The first-order valence-corrected chi connectivity index (χ1v) is 8.22. The number of aliphatic imine (C=N–C) groups is 1. The fraction of sp³-hybridized carbons (Fsp3) is 0.533. The van der Waals surface area contributed by atoms with Gasteiger partial charge in [-0.25, -0.2) is 4.39 Å². The van der Waals surface area contributed by atoms with E-state index < -0.39 is 0 Å². The third-order valence-electron chi connectivity index (χ3n) is 3.70. The molecule has 6 heteroatoms. The zero-order chi connectivity index (χ0) is 14.4. The van der Waals surface area contributed by atoms with Crippen LogP contribution in [0, 0.1) is 11.7 Å². The third kappa shape index (κ3) is 5.65. The van der Waals surface area contributed by atoms with Crippen LogP contribution < -0.4 is 10.6 Å². The maximum absolute atomic E-state index is 13.3. The Kier molecular flexibility index (Phi) is 8.39. The van der Waals surface area contributed by atoms with Gasteiger partial charge in [-0.05, 0) is 48.8 Å². The van der Waals surface area contributed by atoms with Crippen LogP contribution in [-0.2, 0) is 6.54 Å². The van der Waals surface area contributed by atoms with Crippen LogP contribution >= 0.6 is 35.7 Å². The quantitative estimate of drug-likeness (QED) is 0.329. The van der Waals surface area contributed by atoms with E-state index in [1.807, 2.05) is 12.3 Å². The lowest BCUT2D eigenvalue weighted by Crippen LogP contribution is -2.40. The first-order valence-electron chi connectivity index (χ1n) is 7.00. The van der Waals surface area contributed by atoms with Gasteiger partial charge in [0.05, 0.1) is 0 Å². The van der Waals surface area contributed by atoms with Crippen molar-refractivity contribution < 1.29 is 4.39 Å². The highest BCUT2D eigenvalue weighted by molar-refractivity contribution is 14.0. The fourth-order valence-electron chi connectivity index (χ4n) is 2.22. The molecule has 0 spiro atoms. The molecule has 0 amide bonds. The molecule has 1 aliphatic carbocycles. The molecule has 0 atom stereocenters. The summed E-state index contributed by atoms with van der Waals surface area (Å²) in [6.45, 7) is 1.55. The number of rotatable bonds is 5. The Morgan fingerprint density at radius 1 is 1.38 bits per heavy atom. The van der Waals surface area contributed by atoms with Gasteiger partial charge in [0.15, 0.2) is 5.96 Å². The van der Waals surface area contributed by atoms with Crippen LogP contribution in [0.1, 0.15) is 24.8 Å². The molecule has 1 saturated carbocycles. The summed E-state index contributed by atoms with van der Waals surface area (Å²) < 4.78 is 13.3. The van der Waals surface area contributed by atoms with Crippen molar-refractivity contribution >= 4 is 41.7 Å². The lowest BCUT2D eigenvalue weighted by atomic mass is 9.85. The second-order valence-electron chi connectivity index (χ2n) is 5.06. The number of hydrogen-bond acceptors (Lipinski definition) is 2. The summed E-state index contributed by atoms with van der Waals surface area (Å²) in [5.74, 6) is 1.37. The molecule has 21 heavy (non-hydrogen) atoms. The molecule has 2 rings (SSSR count). The fourth-order valence-corrected chi connectivity index (χ4v) is 2.82. The van der Waals surface area contributed by atoms with Gasteiger partial charge in [-0.2, -0.15) is 0 Å². The number of halogens is 2. The molecule has 0 heterocycles. The molecule has 1 aliphatic rings. The molecular weight excluding hydrogens is 400 g/mol. The van der Waals surface area contributed by atoms with Crippen LogP contribution in [0.25, 0.3) is 0 Å². The molecule has 1 aromatic carbocycles. The molecule has 1 fully saturated rings. The van der Waals surface area contributed by atoms with Gasteiger partial charge in [-0.15, -0.1) is 35.7 Å². The Morgan fingerprint density at radius 3 is 2.71 bits per heavy atom. The average molecular weight is 423 g/mol. The molecule has 0 saturated heterocycles. The number of thioether (sulfide) groups is 1. The predicted octanol–water partition coefficient (Wildman–Crippen LogP) is 3.63. The van der Waals surface area contributed by atoms with Gasteiger partial charge in [-0.1, -0.05) is 6.42 Å². The van der Waals surface area contributed by atoms with Crippen molar-refractivity contribution in [1.29, 1.82) is 0 Å². The van der Waals surface area contributed by atoms with Crippen LogP contribution in [0.2, 0.25) is 0 Å². The highest BCUT2D eigenvalue weighted by Gasteiger charge is 2.17. The van der Waals surface area contributed by atoms with Crippen molar-refractivity contribution in [3.8, 4) is 0 Å². The molecular formula is C15H23FIN3S. The first kappa shape index (κ1) is 18.5. The van der Waals surface area contributed by atoms with E-state index in [0.29, 0.717) is 6.54 Å². The second kappa shape index (κ2) is 9.50. The van der Waals surface area contributed by atoms with Gasteiger partial charge in [0.1, 0.15) is 5.82 Å². The Balaban J connectivity index is 0.00000220. The number of benzene rings is 1. The molecule has 3 nitrogen and oxygen atoms in total. The summed E-state index contributed by atoms with van der Waals surface area (Å²) in [6, 6.07) is 4.90. The normalized spacial score (nSPS) is 15.1. The molecule has 0 radical (unpaired) electrons. The summed E-state index contributed by atoms with van der Waals surface area (Å²) in [5, 5.41) is 6.58. The maximum Gasteiger partial charge on any atom is 0.191 e. The zero-order valence-corrected chi connectivity index (χ0v) is 15.6. The molecule has 0 aliphatic heterocycles. The molecule has 1 aromatic rings. The lowest BCUT2D eigenvalue weighted by Gasteiger charge is -2.26. The number of hydrogen-bond donors (Lipinski definition) is 2. The Morgan fingerprint density at radius 2 is 2.14 bits per heavy atom. The van der Waals surface area contributed by atoms with Crippen molar-refractivity contribution in [1.82, 2.24) is 10.6 Å².